The highest BCUT2D eigenvalue weighted by Crippen LogP contribution is 2.47. The molecule has 0 radical (unpaired) electrons. The first kappa shape index (κ1) is 33.3. The van der Waals surface area contributed by atoms with Gasteiger partial charge in [-0.15, -0.1) is 0 Å². The molecule has 6 heteroatoms. The van der Waals surface area contributed by atoms with E-state index in [0.29, 0.717) is 28.6 Å². The minimum absolute atomic E-state index is 0.0354. The van der Waals surface area contributed by atoms with Gasteiger partial charge in [0.2, 0.25) is 0 Å². The Morgan fingerprint density at radius 1 is 0.513 bits per heavy atom. The van der Waals surface area contributed by atoms with Crippen LogP contribution in [0, 0.1) is 20.0 Å². The predicted molar refractivity (Wildman–Crippen MR) is 320 cm³/mol. The molecule has 0 bridgehead atoms. The lowest BCUT2D eigenvalue weighted by molar-refractivity contribution is -0.571. The van der Waals surface area contributed by atoms with E-state index >= 15 is 0 Å². The monoisotopic (exact) mass is 1020 g/mol. The Hall–Kier alpha value is -9.78. The molecule has 0 unspecified atom stereocenters. The fourth-order valence-electron chi connectivity index (χ4n) is 11.6. The normalized spacial score (nSPS) is 15.1. The molecule has 1 aliphatic rings. The van der Waals surface area contributed by atoms with E-state index in [2.05, 4.69) is 54.4 Å². The smallest absolute Gasteiger partial charge is 0.269 e. The number of nitrogens with zero attached hydrogens (tertiary/aromatic N) is 5. The molecule has 4 aromatic heterocycles. The zero-order valence-corrected chi connectivity index (χ0v) is 42.5. The minimum atomic E-state index is -2.89. The van der Waals surface area contributed by atoms with Crippen molar-refractivity contribution in [3.05, 3.63) is 253 Å². The summed E-state index contributed by atoms with van der Waals surface area (Å²) >= 11 is 0. The quantitative estimate of drug-likeness (QED) is 0.123. The Kier molecular flexibility index (Phi) is 7.42. The molecule has 6 nitrogen and oxygen atoms in total. The number of aromatic nitrogens is 5. The van der Waals surface area contributed by atoms with Gasteiger partial charge in [0, 0.05) is 42.0 Å². The first-order chi connectivity index (χ1) is 43.9. The van der Waals surface area contributed by atoms with Crippen LogP contribution in [-0.4, -0.2) is 18.7 Å². The third kappa shape index (κ3) is 7.03. The van der Waals surface area contributed by atoms with Crippen LogP contribution in [0.5, 0.6) is 11.5 Å². The van der Waals surface area contributed by atoms with E-state index in [1.165, 1.54) is 24.3 Å². The molecule has 0 aliphatic carbocycles. The van der Waals surface area contributed by atoms with Crippen molar-refractivity contribution < 1.29 is 28.5 Å². The maximum absolute atomic E-state index is 10.0. The third-order valence-electron chi connectivity index (χ3n) is 15.1. The molecule has 0 saturated heterocycles. The summed E-state index contributed by atoms with van der Waals surface area (Å²) in [7, 11) is 0. The van der Waals surface area contributed by atoms with Crippen LogP contribution < -0.4 is 9.30 Å². The van der Waals surface area contributed by atoms with E-state index in [9.17, 15) is 11.0 Å². The Morgan fingerprint density at radius 2 is 1.10 bits per heavy atom. The number of rotatable bonds is 6. The second-order valence-electron chi connectivity index (χ2n) is 20.7. The number of para-hydroxylation sites is 4. The van der Waals surface area contributed by atoms with Crippen molar-refractivity contribution in [3.8, 4) is 78.9 Å². The molecule has 10 aromatic carbocycles. The molecule has 0 saturated carbocycles. The van der Waals surface area contributed by atoms with E-state index in [1.54, 1.807) is 45.5 Å². The van der Waals surface area contributed by atoms with Crippen LogP contribution in [0.15, 0.2) is 230 Å². The van der Waals surface area contributed by atoms with Crippen molar-refractivity contribution in [2.45, 2.75) is 39.9 Å². The van der Waals surface area contributed by atoms with Gasteiger partial charge in [0.1, 0.15) is 17.3 Å². The SMILES string of the molecule is [2H]c1c([2H])c([2H])c2c(c1[2H])-c1cccc(-n3c4ccccc4c4ccccc43)c1-[n+]1[c-]n(-c3cccc(Oc4ccc5c6ccccc6n(-c6cc(C(C)(C)C)ccn6)c5c4)c3)c3cc(-c4c(C([2H])([2H])[2H])cccc4C([2H])([2H])[2H])cc(c31)-c1c([2H])c([2H])c([2H])c([2H])c1-2. The lowest BCUT2D eigenvalue weighted by atomic mass is 9.87. The average molecular weight is 1020 g/mol. The van der Waals surface area contributed by atoms with Crippen molar-refractivity contribution in [3.63, 3.8) is 0 Å². The molecule has 5 heterocycles. The van der Waals surface area contributed by atoms with Crippen molar-refractivity contribution in [1.82, 2.24) is 18.7 Å². The highest BCUT2D eigenvalue weighted by Gasteiger charge is 2.29. The number of fused-ring (bicyclic) bond motifs is 13. The molecule has 14 aromatic rings. The zero-order valence-electron chi connectivity index (χ0n) is 56.5. The summed E-state index contributed by atoms with van der Waals surface area (Å²) in [6.07, 6.45) is 5.49. The fourth-order valence-corrected chi connectivity index (χ4v) is 11.6. The van der Waals surface area contributed by atoms with Gasteiger partial charge in [-0.3, -0.25) is 13.7 Å². The highest BCUT2D eigenvalue weighted by atomic mass is 16.5. The second kappa shape index (κ2) is 17.4. The molecule has 0 spiro atoms. The molecular formula is C72H53N5O. The first-order valence-corrected chi connectivity index (χ1v) is 25.7. The van der Waals surface area contributed by atoms with Gasteiger partial charge in [0.15, 0.2) is 0 Å². The van der Waals surface area contributed by atoms with E-state index < -0.39 is 62.0 Å². The molecule has 0 N–H and O–H groups in total. The van der Waals surface area contributed by atoms with Gasteiger partial charge in [-0.2, -0.15) is 0 Å². The summed E-state index contributed by atoms with van der Waals surface area (Å²) in [6, 6.07) is 48.9. The summed E-state index contributed by atoms with van der Waals surface area (Å²) < 4.78 is 145. The number of hydrogen-bond acceptors (Lipinski definition) is 2. The number of hydrogen-bond donors (Lipinski definition) is 0. The van der Waals surface area contributed by atoms with Crippen molar-refractivity contribution in [2.24, 2.45) is 0 Å². The molecule has 78 heavy (non-hydrogen) atoms. The van der Waals surface area contributed by atoms with Crippen molar-refractivity contribution in [2.75, 3.05) is 0 Å². The van der Waals surface area contributed by atoms with Gasteiger partial charge in [0.25, 0.3) is 6.33 Å². The van der Waals surface area contributed by atoms with Gasteiger partial charge in [-0.1, -0.05) is 166 Å². The van der Waals surface area contributed by atoms with Crippen molar-refractivity contribution >= 4 is 54.6 Å². The second-order valence-corrected chi connectivity index (χ2v) is 20.7. The van der Waals surface area contributed by atoms with Crippen LogP contribution in [0.1, 0.15) is 56.7 Å². The van der Waals surface area contributed by atoms with Crippen molar-refractivity contribution in [1.29, 1.82) is 0 Å². The molecule has 1 aliphatic heterocycles. The minimum Gasteiger partial charge on any atom is -0.458 e. The topological polar surface area (TPSA) is 40.8 Å². The number of pyridine rings is 1. The Morgan fingerprint density at radius 3 is 1.77 bits per heavy atom. The predicted octanol–water partition coefficient (Wildman–Crippen LogP) is 18.0. The van der Waals surface area contributed by atoms with Gasteiger partial charge >= 0.3 is 0 Å². The molecule has 15 rings (SSSR count). The van der Waals surface area contributed by atoms with Crippen LogP contribution in [0.3, 0.4) is 0 Å². The zero-order chi connectivity index (χ0) is 64.4. The largest absolute Gasteiger partial charge is 0.458 e. The van der Waals surface area contributed by atoms with Gasteiger partial charge in [-0.25, -0.2) is 4.98 Å². The molecule has 372 valence electrons. The Bertz CT molecular complexity index is 5430. The maximum Gasteiger partial charge on any atom is 0.269 e. The standard InChI is InChI=1S/C72H53N5O/c1-45-19-16-20-46(2)69(45)47-39-61-55-26-9-7-24-53(55)52-23-6-8-25-54(52)60-30-18-34-65(76-62-31-13-10-27-56(62)57-28-11-14-32-63(57)76)70(60)75-44-74(67(40-47)71(61)75)49-21-17-22-50(42-49)78-51-35-36-59-58-29-12-15-33-64(58)77(66(59)43-51)68-41-48(37-38-73-68)72(3,4)5/h6-43H,1-5H3/i1D3,2D3,6D,7D,8D,9D,23D,24D,25D,26D. The third-order valence-corrected chi connectivity index (χ3v) is 15.1. The summed E-state index contributed by atoms with van der Waals surface area (Å²) in [5.74, 6) is 1.61. The molecule has 0 amide bonds. The summed E-state index contributed by atoms with van der Waals surface area (Å²) in [5.41, 5.74) is 4.85. The van der Waals surface area contributed by atoms with Crippen LogP contribution >= 0.6 is 0 Å². The van der Waals surface area contributed by atoms with Crippen LogP contribution in [0.2, 0.25) is 0 Å². The summed E-state index contributed by atoms with van der Waals surface area (Å²) in [5, 5.41) is 3.82. The lowest BCUT2D eigenvalue weighted by Gasteiger charge is -2.20. The highest BCUT2D eigenvalue weighted by molar-refractivity contribution is 6.11. The van der Waals surface area contributed by atoms with Crippen LogP contribution in [0.4, 0.5) is 0 Å². The van der Waals surface area contributed by atoms with Gasteiger partial charge in [0.05, 0.1) is 61.1 Å². The first-order valence-electron chi connectivity index (χ1n) is 32.7. The lowest BCUT2D eigenvalue weighted by Crippen LogP contribution is -2.32. The van der Waals surface area contributed by atoms with E-state index in [1.807, 2.05) is 103 Å². The van der Waals surface area contributed by atoms with Gasteiger partial charge < -0.3 is 9.30 Å². The molecule has 0 fully saturated rings. The number of benzene rings is 10. The number of aryl methyl sites for hydroxylation is 2. The Balaban J connectivity index is 1.08. The van der Waals surface area contributed by atoms with E-state index in [-0.39, 0.29) is 72.1 Å². The summed E-state index contributed by atoms with van der Waals surface area (Å²) in [6.45, 7) is 0.702. The number of imidazole rings is 1. The van der Waals surface area contributed by atoms with E-state index in [0.717, 1.165) is 55.0 Å². The van der Waals surface area contributed by atoms with E-state index in [4.69, 9.17) is 17.9 Å². The van der Waals surface area contributed by atoms with Gasteiger partial charge in [-0.05, 0) is 153 Å². The van der Waals surface area contributed by atoms with Crippen LogP contribution in [0.25, 0.3) is 122 Å². The average Bonchev–Trinajstić information content (AvgIpc) is 1.46. The summed E-state index contributed by atoms with van der Waals surface area (Å²) in [4.78, 5) is 4.88. The molecular weight excluding hydrogens is 951 g/mol. The Labute approximate surface area is 472 Å². The molecule has 0 atom stereocenters. The fraction of sp³-hybridized carbons (Fsp3) is 0.0833. The van der Waals surface area contributed by atoms with Crippen LogP contribution in [-0.2, 0) is 5.41 Å². The maximum atomic E-state index is 10.0. The number of ether oxygens (including phenoxy) is 1.